The van der Waals surface area contributed by atoms with Crippen LogP contribution >= 0.6 is 0 Å². The van der Waals surface area contributed by atoms with Gasteiger partial charge in [-0.2, -0.15) is 0 Å². The van der Waals surface area contributed by atoms with Gasteiger partial charge in [0.1, 0.15) is 61.1 Å². The summed E-state index contributed by atoms with van der Waals surface area (Å²) in [6.07, 6.45) is -0.458. The molecule has 36 heavy (non-hydrogen) atoms. The molecule has 0 amide bonds. The van der Waals surface area contributed by atoms with E-state index in [1.807, 2.05) is 72.8 Å². The van der Waals surface area contributed by atoms with Crippen molar-refractivity contribution in [1.29, 1.82) is 0 Å². The van der Waals surface area contributed by atoms with Crippen LogP contribution in [0, 0.1) is 0 Å². The third kappa shape index (κ3) is 5.33. The summed E-state index contributed by atoms with van der Waals surface area (Å²) in [5, 5.41) is 14.5. The fourth-order valence-electron chi connectivity index (χ4n) is 4.11. The lowest BCUT2D eigenvalue weighted by Crippen LogP contribution is -2.38. The molecule has 7 nitrogen and oxygen atoms in total. The number of ether oxygens (including phenoxy) is 6. The third-order valence-corrected chi connectivity index (χ3v) is 6.24. The van der Waals surface area contributed by atoms with E-state index in [0.29, 0.717) is 31.3 Å². The molecular weight excluding hydrogens is 460 g/mol. The predicted octanol–water partition coefficient (Wildman–Crippen LogP) is 4.37. The maximum atomic E-state index is 10.4. The maximum Gasteiger partial charge on any atom is 0.145 e. The molecular formula is C29H28O7. The Labute approximate surface area is 209 Å². The van der Waals surface area contributed by atoms with E-state index in [0.717, 1.165) is 39.7 Å². The SMILES string of the molecule is OC(COc1ccc2c(OCC3CO3)cccc2c1)COc1ccc2c(OC3COC3)cccc2c1. The molecule has 1 N–H and O–H groups in total. The average molecular weight is 489 g/mol. The van der Waals surface area contributed by atoms with Gasteiger partial charge in [-0.3, -0.25) is 0 Å². The Morgan fingerprint density at radius 2 is 1.36 bits per heavy atom. The summed E-state index contributed by atoms with van der Waals surface area (Å²) >= 11 is 0. The number of rotatable bonds is 11. The zero-order chi connectivity index (χ0) is 24.3. The van der Waals surface area contributed by atoms with Gasteiger partial charge < -0.3 is 33.5 Å². The first-order valence-corrected chi connectivity index (χ1v) is 12.2. The second kappa shape index (κ2) is 10.2. The molecule has 2 saturated heterocycles. The normalized spacial score (nSPS) is 18.0. The van der Waals surface area contributed by atoms with Gasteiger partial charge in [0, 0.05) is 10.8 Å². The molecule has 0 radical (unpaired) electrons. The summed E-state index contributed by atoms with van der Waals surface area (Å²) in [4.78, 5) is 0. The van der Waals surface area contributed by atoms with Gasteiger partial charge in [-0.25, -0.2) is 0 Å². The van der Waals surface area contributed by atoms with Crippen LogP contribution in [0.15, 0.2) is 72.8 Å². The van der Waals surface area contributed by atoms with Gasteiger partial charge in [0.2, 0.25) is 0 Å². The summed E-state index contributed by atoms with van der Waals surface area (Å²) in [5.41, 5.74) is 0. The van der Waals surface area contributed by atoms with E-state index in [4.69, 9.17) is 28.4 Å². The molecule has 4 aromatic carbocycles. The molecule has 2 unspecified atom stereocenters. The summed E-state index contributed by atoms with van der Waals surface area (Å²) in [7, 11) is 0. The average Bonchev–Trinajstić information content (AvgIpc) is 3.71. The van der Waals surface area contributed by atoms with Gasteiger partial charge in [-0.15, -0.1) is 0 Å². The van der Waals surface area contributed by atoms with Crippen molar-refractivity contribution in [2.45, 2.75) is 18.3 Å². The molecule has 4 aromatic rings. The Morgan fingerprint density at radius 3 is 1.94 bits per heavy atom. The second-order valence-electron chi connectivity index (χ2n) is 9.10. The van der Waals surface area contributed by atoms with E-state index in [1.54, 1.807) is 0 Å². The molecule has 0 aliphatic carbocycles. The highest BCUT2D eigenvalue weighted by Crippen LogP contribution is 2.31. The van der Waals surface area contributed by atoms with E-state index in [-0.39, 0.29) is 25.4 Å². The van der Waals surface area contributed by atoms with Crippen LogP contribution in [0.2, 0.25) is 0 Å². The molecule has 0 spiro atoms. The number of hydrogen-bond acceptors (Lipinski definition) is 7. The van der Waals surface area contributed by atoms with Crippen molar-refractivity contribution in [2.75, 3.05) is 39.6 Å². The second-order valence-corrected chi connectivity index (χ2v) is 9.10. The van der Waals surface area contributed by atoms with Gasteiger partial charge in [0.15, 0.2) is 0 Å². The van der Waals surface area contributed by atoms with E-state index in [2.05, 4.69) is 0 Å². The van der Waals surface area contributed by atoms with Crippen LogP contribution in [0.4, 0.5) is 0 Å². The summed E-state index contributed by atoms with van der Waals surface area (Å²) in [6.45, 7) is 2.82. The number of aliphatic hydroxyl groups excluding tert-OH is 1. The molecule has 6 rings (SSSR count). The van der Waals surface area contributed by atoms with Gasteiger partial charge in [-0.05, 0) is 59.3 Å². The van der Waals surface area contributed by atoms with E-state index in [9.17, 15) is 5.11 Å². The lowest BCUT2D eigenvalue weighted by Gasteiger charge is -2.27. The molecule has 2 atom stereocenters. The first kappa shape index (κ1) is 22.9. The summed E-state index contributed by atoms with van der Waals surface area (Å²) < 4.78 is 34.0. The number of hydrogen-bond donors (Lipinski definition) is 1. The highest BCUT2D eigenvalue weighted by Gasteiger charge is 2.23. The van der Waals surface area contributed by atoms with Crippen LogP contribution in [-0.2, 0) is 9.47 Å². The zero-order valence-electron chi connectivity index (χ0n) is 19.8. The molecule has 2 aliphatic heterocycles. The minimum Gasteiger partial charge on any atom is -0.491 e. The molecule has 7 heteroatoms. The quantitative estimate of drug-likeness (QED) is 0.314. The standard InChI is InChI=1S/C29H28O7/c30-21(13-32-22-7-9-26-19(11-22)3-1-5-28(26)35-18-24-17-34-24)14-33-23-8-10-27-20(12-23)4-2-6-29(27)36-25-15-31-16-25/h1-12,21,24-25,30H,13-18H2. The van der Waals surface area contributed by atoms with Crippen molar-refractivity contribution in [3.8, 4) is 23.0 Å². The maximum absolute atomic E-state index is 10.4. The van der Waals surface area contributed by atoms with E-state index in [1.165, 1.54) is 0 Å². The fraction of sp³-hybridized carbons (Fsp3) is 0.310. The van der Waals surface area contributed by atoms with Gasteiger partial charge in [0.05, 0.1) is 19.8 Å². The van der Waals surface area contributed by atoms with Crippen LogP contribution in [0.5, 0.6) is 23.0 Å². The molecule has 2 aliphatic rings. The monoisotopic (exact) mass is 488 g/mol. The number of aliphatic hydroxyl groups is 1. The highest BCUT2D eigenvalue weighted by atomic mass is 16.6. The smallest absolute Gasteiger partial charge is 0.145 e. The Morgan fingerprint density at radius 1 is 0.750 bits per heavy atom. The van der Waals surface area contributed by atoms with Crippen LogP contribution in [0.1, 0.15) is 0 Å². The first-order valence-electron chi connectivity index (χ1n) is 12.2. The molecule has 2 fully saturated rings. The zero-order valence-corrected chi connectivity index (χ0v) is 19.8. The number of fused-ring (bicyclic) bond motifs is 2. The Kier molecular flexibility index (Phi) is 6.51. The minimum absolute atomic E-state index is 0.113. The molecule has 2 heterocycles. The van der Waals surface area contributed by atoms with Crippen LogP contribution in [-0.4, -0.2) is 63.1 Å². The predicted molar refractivity (Wildman–Crippen MR) is 135 cm³/mol. The van der Waals surface area contributed by atoms with Crippen molar-refractivity contribution < 1.29 is 33.5 Å². The Bertz CT molecular complexity index is 1350. The summed E-state index contributed by atoms with van der Waals surface area (Å²) in [5.74, 6) is 3.03. The minimum atomic E-state index is -0.780. The Hall–Kier alpha value is -3.52. The van der Waals surface area contributed by atoms with Gasteiger partial charge in [-0.1, -0.05) is 24.3 Å². The van der Waals surface area contributed by atoms with Gasteiger partial charge in [0.25, 0.3) is 0 Å². The van der Waals surface area contributed by atoms with Crippen LogP contribution in [0.3, 0.4) is 0 Å². The van der Waals surface area contributed by atoms with Gasteiger partial charge >= 0.3 is 0 Å². The fourth-order valence-corrected chi connectivity index (χ4v) is 4.11. The lowest BCUT2D eigenvalue weighted by molar-refractivity contribution is -0.0791. The number of benzene rings is 4. The molecule has 0 bridgehead atoms. The molecule has 0 aromatic heterocycles. The molecule has 0 saturated carbocycles. The Balaban J connectivity index is 1.03. The van der Waals surface area contributed by atoms with Crippen molar-refractivity contribution >= 4 is 21.5 Å². The van der Waals surface area contributed by atoms with Crippen molar-refractivity contribution in [1.82, 2.24) is 0 Å². The third-order valence-electron chi connectivity index (χ3n) is 6.24. The van der Waals surface area contributed by atoms with Crippen molar-refractivity contribution in [2.24, 2.45) is 0 Å². The van der Waals surface area contributed by atoms with Crippen LogP contribution in [0.25, 0.3) is 21.5 Å². The number of epoxide rings is 1. The molecule has 186 valence electrons. The highest BCUT2D eigenvalue weighted by molar-refractivity contribution is 5.90. The van der Waals surface area contributed by atoms with Crippen molar-refractivity contribution in [3.05, 3.63) is 72.8 Å². The topological polar surface area (TPSA) is 78.9 Å². The first-order chi connectivity index (χ1) is 17.7. The van der Waals surface area contributed by atoms with Crippen molar-refractivity contribution in [3.63, 3.8) is 0 Å². The largest absolute Gasteiger partial charge is 0.491 e. The lowest BCUT2D eigenvalue weighted by atomic mass is 10.1. The summed E-state index contributed by atoms with van der Waals surface area (Å²) in [6, 6.07) is 23.5. The van der Waals surface area contributed by atoms with Crippen LogP contribution < -0.4 is 18.9 Å². The van der Waals surface area contributed by atoms with E-state index >= 15 is 0 Å². The van der Waals surface area contributed by atoms with E-state index < -0.39 is 6.10 Å².